The molecule has 1 amide bonds. The Bertz CT molecular complexity index is 1190. The topological polar surface area (TPSA) is 57.7 Å². The number of carbonyl (C=O) groups excluding carboxylic acids is 1. The number of sulfonamides is 1. The molecule has 3 aromatic rings. The van der Waals surface area contributed by atoms with E-state index < -0.39 is 10.0 Å². The maximum Gasteiger partial charge on any atom is 0.243 e. The van der Waals surface area contributed by atoms with Gasteiger partial charge in [0.2, 0.25) is 15.9 Å². The van der Waals surface area contributed by atoms with Gasteiger partial charge in [0.15, 0.2) is 0 Å². The third kappa shape index (κ3) is 5.05. The van der Waals surface area contributed by atoms with Crippen molar-refractivity contribution in [1.29, 1.82) is 0 Å². The summed E-state index contributed by atoms with van der Waals surface area (Å²) in [7, 11) is -3.76. The first-order valence-electron chi connectivity index (χ1n) is 11.4. The van der Waals surface area contributed by atoms with Crippen LogP contribution in [0.4, 0.5) is 0 Å². The van der Waals surface area contributed by atoms with Gasteiger partial charge in [0.1, 0.15) is 0 Å². The number of nitrogens with zero attached hydrogens (tertiary/aromatic N) is 2. The summed E-state index contributed by atoms with van der Waals surface area (Å²) in [4.78, 5) is 17.0. The molecule has 0 saturated heterocycles. The lowest BCUT2D eigenvalue weighted by molar-refractivity contribution is -0.133. The highest BCUT2D eigenvalue weighted by Crippen LogP contribution is 2.38. The van der Waals surface area contributed by atoms with Crippen molar-refractivity contribution in [1.82, 2.24) is 9.21 Å². The van der Waals surface area contributed by atoms with Crippen LogP contribution in [0.25, 0.3) is 0 Å². The third-order valence-electron chi connectivity index (χ3n) is 6.13. The number of hydrogen-bond acceptors (Lipinski definition) is 4. The minimum Gasteiger partial charge on any atom is -0.330 e. The zero-order valence-corrected chi connectivity index (χ0v) is 20.7. The van der Waals surface area contributed by atoms with Crippen LogP contribution in [0.15, 0.2) is 70.9 Å². The van der Waals surface area contributed by atoms with Crippen LogP contribution in [0.5, 0.6) is 0 Å². The molecule has 0 bridgehead atoms. The summed E-state index contributed by atoms with van der Waals surface area (Å²) in [5, 5.41) is 2.08. The number of hydrogen-bond donors (Lipinski definition) is 0. The van der Waals surface area contributed by atoms with Crippen LogP contribution >= 0.6 is 11.3 Å². The van der Waals surface area contributed by atoms with Gasteiger partial charge < -0.3 is 4.90 Å². The minimum absolute atomic E-state index is 0.154. The summed E-state index contributed by atoms with van der Waals surface area (Å²) in [5.74, 6) is -0.159. The van der Waals surface area contributed by atoms with Gasteiger partial charge in [-0.3, -0.25) is 4.79 Å². The van der Waals surface area contributed by atoms with Gasteiger partial charge in [0.05, 0.1) is 17.5 Å². The van der Waals surface area contributed by atoms with Crippen molar-refractivity contribution in [2.45, 2.75) is 44.0 Å². The van der Waals surface area contributed by atoms with E-state index in [9.17, 15) is 13.2 Å². The summed E-state index contributed by atoms with van der Waals surface area (Å²) >= 11 is 1.72. The molecule has 5 nitrogen and oxygen atoms in total. The van der Waals surface area contributed by atoms with E-state index in [1.165, 1.54) is 9.18 Å². The SMILES string of the molecule is CCCCN(CC(=O)N1CCc2sccc2C1c1ccc(C)cc1)S(=O)(=O)c1ccccc1. The highest BCUT2D eigenvalue weighted by atomic mass is 32.2. The summed E-state index contributed by atoms with van der Waals surface area (Å²) < 4.78 is 28.1. The summed E-state index contributed by atoms with van der Waals surface area (Å²) in [6.07, 6.45) is 2.35. The molecule has 0 N–H and O–H groups in total. The molecule has 1 aliphatic heterocycles. The van der Waals surface area contributed by atoms with Crippen molar-refractivity contribution in [3.63, 3.8) is 0 Å². The lowest BCUT2D eigenvalue weighted by Gasteiger charge is -2.37. The van der Waals surface area contributed by atoms with Crippen LogP contribution in [-0.2, 0) is 21.2 Å². The second kappa shape index (κ2) is 10.2. The number of fused-ring (bicyclic) bond motifs is 1. The Morgan fingerprint density at radius 3 is 2.52 bits per heavy atom. The van der Waals surface area contributed by atoms with Gasteiger partial charge in [0, 0.05) is 18.0 Å². The average Bonchev–Trinajstić information content (AvgIpc) is 3.31. The molecule has 2 aromatic carbocycles. The largest absolute Gasteiger partial charge is 0.330 e. The summed E-state index contributed by atoms with van der Waals surface area (Å²) in [6.45, 7) is 4.82. The van der Waals surface area contributed by atoms with Crippen molar-refractivity contribution < 1.29 is 13.2 Å². The first-order valence-corrected chi connectivity index (χ1v) is 13.7. The predicted octanol–water partition coefficient (Wildman–Crippen LogP) is 5.02. The fraction of sp³-hybridized carbons (Fsp3) is 0.346. The van der Waals surface area contributed by atoms with Gasteiger partial charge in [-0.05, 0) is 54.5 Å². The molecule has 174 valence electrons. The van der Waals surface area contributed by atoms with Crippen LogP contribution in [-0.4, -0.2) is 43.2 Å². The quantitative estimate of drug-likeness (QED) is 0.453. The first-order chi connectivity index (χ1) is 15.9. The van der Waals surface area contributed by atoms with E-state index >= 15 is 0 Å². The summed E-state index contributed by atoms with van der Waals surface area (Å²) in [5.41, 5.74) is 3.37. The molecule has 0 aliphatic carbocycles. The lowest BCUT2D eigenvalue weighted by Crippen LogP contribution is -2.47. The Hall–Kier alpha value is -2.48. The molecule has 1 atom stereocenters. The zero-order chi connectivity index (χ0) is 23.4. The van der Waals surface area contributed by atoms with Gasteiger partial charge in [-0.1, -0.05) is 61.4 Å². The monoisotopic (exact) mass is 482 g/mol. The van der Waals surface area contributed by atoms with E-state index in [4.69, 9.17) is 0 Å². The highest BCUT2D eigenvalue weighted by Gasteiger charge is 2.35. The molecule has 1 aliphatic rings. The fourth-order valence-corrected chi connectivity index (χ4v) is 6.65. The van der Waals surface area contributed by atoms with E-state index in [1.54, 1.807) is 41.7 Å². The number of carbonyl (C=O) groups is 1. The van der Waals surface area contributed by atoms with Gasteiger partial charge in [-0.15, -0.1) is 11.3 Å². The average molecular weight is 483 g/mol. The Balaban J connectivity index is 1.65. The molecule has 0 spiro atoms. The van der Waals surface area contributed by atoms with Crippen molar-refractivity contribution in [3.05, 3.63) is 87.6 Å². The van der Waals surface area contributed by atoms with E-state index in [2.05, 4.69) is 35.7 Å². The van der Waals surface area contributed by atoms with Gasteiger partial charge in [-0.25, -0.2) is 8.42 Å². The zero-order valence-electron chi connectivity index (χ0n) is 19.1. The van der Waals surface area contributed by atoms with Crippen molar-refractivity contribution in [2.75, 3.05) is 19.6 Å². The second-order valence-electron chi connectivity index (χ2n) is 8.45. The molecule has 2 heterocycles. The Morgan fingerprint density at radius 2 is 1.82 bits per heavy atom. The van der Waals surface area contributed by atoms with Crippen LogP contribution in [0.3, 0.4) is 0 Å². The molecular formula is C26H30N2O3S2. The van der Waals surface area contributed by atoms with E-state index in [0.717, 1.165) is 29.5 Å². The van der Waals surface area contributed by atoms with Crippen molar-refractivity contribution >= 4 is 27.3 Å². The maximum absolute atomic E-state index is 13.7. The number of aryl methyl sites for hydroxylation is 1. The number of thiophene rings is 1. The van der Waals surface area contributed by atoms with Gasteiger partial charge in [0.25, 0.3) is 0 Å². The fourth-order valence-electron chi connectivity index (χ4n) is 4.30. The molecule has 4 rings (SSSR count). The second-order valence-corrected chi connectivity index (χ2v) is 11.4. The van der Waals surface area contributed by atoms with Crippen LogP contribution in [0, 0.1) is 6.92 Å². The predicted molar refractivity (Wildman–Crippen MR) is 133 cm³/mol. The molecule has 1 unspecified atom stereocenters. The molecule has 0 saturated carbocycles. The Morgan fingerprint density at radius 1 is 1.09 bits per heavy atom. The van der Waals surface area contributed by atoms with Crippen LogP contribution in [0.2, 0.25) is 0 Å². The van der Waals surface area contributed by atoms with E-state index in [0.29, 0.717) is 19.5 Å². The third-order valence-corrected chi connectivity index (χ3v) is 8.99. The molecular weight excluding hydrogens is 452 g/mol. The highest BCUT2D eigenvalue weighted by molar-refractivity contribution is 7.89. The van der Waals surface area contributed by atoms with E-state index in [1.807, 2.05) is 18.7 Å². The molecule has 1 aromatic heterocycles. The molecule has 0 radical (unpaired) electrons. The standard InChI is InChI=1S/C26H30N2O3S2/c1-3-4-16-27(33(30,31)22-8-6-5-7-9-22)19-25(29)28-17-14-24-23(15-18-32-24)26(28)21-12-10-20(2)11-13-21/h5-13,15,18,26H,3-4,14,16-17,19H2,1-2H3. The van der Waals surface area contributed by atoms with Crippen LogP contribution in [0.1, 0.15) is 47.4 Å². The maximum atomic E-state index is 13.7. The van der Waals surface area contributed by atoms with Crippen molar-refractivity contribution in [3.8, 4) is 0 Å². The van der Waals surface area contributed by atoms with E-state index in [-0.39, 0.29) is 23.4 Å². The molecule has 33 heavy (non-hydrogen) atoms. The number of benzene rings is 2. The minimum atomic E-state index is -3.76. The van der Waals surface area contributed by atoms with Gasteiger partial charge >= 0.3 is 0 Å². The molecule has 7 heteroatoms. The number of rotatable bonds is 8. The first kappa shape index (κ1) is 23.7. The van der Waals surface area contributed by atoms with Crippen molar-refractivity contribution in [2.24, 2.45) is 0 Å². The number of unbranched alkanes of at least 4 members (excludes halogenated alkanes) is 1. The number of amides is 1. The Kier molecular flexibility index (Phi) is 7.32. The lowest BCUT2D eigenvalue weighted by atomic mass is 9.92. The molecule has 0 fully saturated rings. The smallest absolute Gasteiger partial charge is 0.243 e. The normalized spacial score (nSPS) is 16.1. The van der Waals surface area contributed by atoms with Gasteiger partial charge in [-0.2, -0.15) is 4.31 Å². The summed E-state index contributed by atoms with van der Waals surface area (Å²) in [6, 6.07) is 18.6. The van der Waals surface area contributed by atoms with Crippen LogP contribution < -0.4 is 0 Å². The Labute approximate surface area is 200 Å².